The highest BCUT2D eigenvalue weighted by atomic mass is 79.9. The van der Waals surface area contributed by atoms with Gasteiger partial charge in [0.25, 0.3) is 5.91 Å². The van der Waals surface area contributed by atoms with Crippen molar-refractivity contribution in [2.45, 2.75) is 20.8 Å². The minimum Gasteiger partial charge on any atom is -0.493 e. The Labute approximate surface area is 156 Å². The SMILES string of the molecule is CCOc1ccc(Br)cc1/C=N\NC(=O)COc1ccc(C)c(C)c1. The second kappa shape index (κ2) is 9.22. The van der Waals surface area contributed by atoms with Crippen molar-refractivity contribution in [3.8, 4) is 11.5 Å². The van der Waals surface area contributed by atoms with E-state index in [0.29, 0.717) is 18.1 Å². The number of carbonyl (C=O) groups is 1. The van der Waals surface area contributed by atoms with Crippen LogP contribution in [0.1, 0.15) is 23.6 Å². The maximum absolute atomic E-state index is 11.8. The predicted octanol–water partition coefficient (Wildman–Crippen LogP) is 3.99. The van der Waals surface area contributed by atoms with Gasteiger partial charge in [0.1, 0.15) is 11.5 Å². The number of benzene rings is 2. The van der Waals surface area contributed by atoms with Crippen LogP contribution in [0.2, 0.25) is 0 Å². The monoisotopic (exact) mass is 404 g/mol. The van der Waals surface area contributed by atoms with Gasteiger partial charge in [-0.05, 0) is 62.2 Å². The molecule has 0 atom stereocenters. The third kappa shape index (κ3) is 5.90. The van der Waals surface area contributed by atoms with Crippen LogP contribution in [-0.2, 0) is 4.79 Å². The van der Waals surface area contributed by atoms with Crippen molar-refractivity contribution in [2.24, 2.45) is 5.10 Å². The van der Waals surface area contributed by atoms with Crippen LogP contribution >= 0.6 is 15.9 Å². The van der Waals surface area contributed by atoms with Crippen molar-refractivity contribution in [3.05, 3.63) is 57.6 Å². The van der Waals surface area contributed by atoms with Crippen molar-refractivity contribution in [2.75, 3.05) is 13.2 Å². The second-order valence-electron chi connectivity index (χ2n) is 5.44. The molecule has 0 spiro atoms. The fourth-order valence-electron chi connectivity index (χ4n) is 2.07. The van der Waals surface area contributed by atoms with Crippen LogP contribution in [0.15, 0.2) is 46.0 Å². The first kappa shape index (κ1) is 19.0. The van der Waals surface area contributed by atoms with Gasteiger partial charge in [0.2, 0.25) is 0 Å². The first-order valence-corrected chi connectivity index (χ1v) is 8.73. The van der Waals surface area contributed by atoms with Gasteiger partial charge in [-0.25, -0.2) is 5.43 Å². The zero-order valence-electron chi connectivity index (χ0n) is 14.5. The van der Waals surface area contributed by atoms with Crippen molar-refractivity contribution in [3.63, 3.8) is 0 Å². The highest BCUT2D eigenvalue weighted by Crippen LogP contribution is 2.21. The third-order valence-corrected chi connectivity index (χ3v) is 4.01. The van der Waals surface area contributed by atoms with Gasteiger partial charge in [0.05, 0.1) is 12.8 Å². The van der Waals surface area contributed by atoms with Crippen LogP contribution in [0.5, 0.6) is 11.5 Å². The Bertz CT molecular complexity index is 775. The molecule has 0 aliphatic rings. The molecule has 2 aromatic carbocycles. The normalized spacial score (nSPS) is 10.7. The van der Waals surface area contributed by atoms with Gasteiger partial charge in [-0.15, -0.1) is 0 Å². The molecule has 0 aromatic heterocycles. The van der Waals surface area contributed by atoms with Crippen LogP contribution in [0.4, 0.5) is 0 Å². The summed E-state index contributed by atoms with van der Waals surface area (Å²) in [7, 11) is 0. The Morgan fingerprint density at radius 1 is 1.16 bits per heavy atom. The number of halogens is 1. The van der Waals surface area contributed by atoms with E-state index in [-0.39, 0.29) is 12.5 Å². The molecule has 5 nitrogen and oxygen atoms in total. The summed E-state index contributed by atoms with van der Waals surface area (Å²) in [5.41, 5.74) is 5.52. The van der Waals surface area contributed by atoms with E-state index in [1.807, 2.05) is 57.2 Å². The van der Waals surface area contributed by atoms with E-state index in [9.17, 15) is 4.79 Å². The lowest BCUT2D eigenvalue weighted by Crippen LogP contribution is -2.24. The summed E-state index contributed by atoms with van der Waals surface area (Å²) in [6, 6.07) is 11.3. The van der Waals surface area contributed by atoms with Crippen LogP contribution in [0.3, 0.4) is 0 Å². The van der Waals surface area contributed by atoms with Crippen molar-refractivity contribution in [1.82, 2.24) is 5.43 Å². The lowest BCUT2D eigenvalue weighted by atomic mass is 10.1. The molecule has 0 bridgehead atoms. The van der Waals surface area contributed by atoms with Gasteiger partial charge in [0, 0.05) is 10.0 Å². The Kier molecular flexibility index (Phi) is 7.01. The smallest absolute Gasteiger partial charge is 0.277 e. The number of amides is 1. The maximum Gasteiger partial charge on any atom is 0.277 e. The first-order chi connectivity index (χ1) is 12.0. The van der Waals surface area contributed by atoms with Crippen LogP contribution < -0.4 is 14.9 Å². The summed E-state index contributed by atoms with van der Waals surface area (Å²) in [4.78, 5) is 11.8. The molecule has 0 heterocycles. The van der Waals surface area contributed by atoms with Gasteiger partial charge >= 0.3 is 0 Å². The van der Waals surface area contributed by atoms with Crippen molar-refractivity contribution in [1.29, 1.82) is 0 Å². The highest BCUT2D eigenvalue weighted by molar-refractivity contribution is 9.10. The third-order valence-electron chi connectivity index (χ3n) is 3.51. The number of rotatable bonds is 7. The Balaban J connectivity index is 1.90. The van der Waals surface area contributed by atoms with Gasteiger partial charge in [-0.1, -0.05) is 22.0 Å². The summed E-state index contributed by atoms with van der Waals surface area (Å²) >= 11 is 3.41. The van der Waals surface area contributed by atoms with E-state index in [2.05, 4.69) is 26.5 Å². The summed E-state index contributed by atoms with van der Waals surface area (Å²) in [5.74, 6) is 1.03. The molecular weight excluding hydrogens is 384 g/mol. The number of nitrogens with one attached hydrogen (secondary N) is 1. The van der Waals surface area contributed by atoms with Gasteiger partial charge in [-0.2, -0.15) is 5.10 Å². The molecular formula is C19H21BrN2O3. The lowest BCUT2D eigenvalue weighted by molar-refractivity contribution is -0.123. The zero-order valence-corrected chi connectivity index (χ0v) is 16.1. The lowest BCUT2D eigenvalue weighted by Gasteiger charge is -2.08. The number of hydrogen-bond donors (Lipinski definition) is 1. The van der Waals surface area contributed by atoms with Crippen LogP contribution in [0.25, 0.3) is 0 Å². The van der Waals surface area contributed by atoms with Crippen molar-refractivity contribution < 1.29 is 14.3 Å². The maximum atomic E-state index is 11.8. The molecule has 2 aromatic rings. The number of carbonyl (C=O) groups excluding carboxylic acids is 1. The Morgan fingerprint density at radius 3 is 2.68 bits per heavy atom. The fourth-order valence-corrected chi connectivity index (χ4v) is 2.44. The standard InChI is InChI=1S/C19H21BrN2O3/c1-4-24-18-8-6-16(20)10-15(18)11-21-22-19(23)12-25-17-7-5-13(2)14(3)9-17/h5-11H,4,12H2,1-3H3,(H,22,23)/b21-11-. The van der Waals surface area contributed by atoms with Gasteiger partial charge in [0.15, 0.2) is 6.61 Å². The number of hydrazone groups is 1. The second-order valence-corrected chi connectivity index (χ2v) is 6.36. The topological polar surface area (TPSA) is 59.9 Å². The molecule has 0 saturated carbocycles. The van der Waals surface area contributed by atoms with Gasteiger partial charge < -0.3 is 9.47 Å². The molecule has 1 N–H and O–H groups in total. The minimum absolute atomic E-state index is 0.101. The van der Waals surface area contributed by atoms with E-state index in [1.165, 1.54) is 5.56 Å². The number of nitrogens with zero attached hydrogens (tertiary/aromatic N) is 1. The molecule has 0 saturated heterocycles. The minimum atomic E-state index is -0.331. The molecule has 0 radical (unpaired) electrons. The first-order valence-electron chi connectivity index (χ1n) is 7.94. The molecule has 0 fully saturated rings. The van der Waals surface area contributed by atoms with E-state index < -0.39 is 0 Å². The molecule has 2 rings (SSSR count). The zero-order chi connectivity index (χ0) is 18.2. The molecule has 1 amide bonds. The quantitative estimate of drug-likeness (QED) is 0.560. The summed E-state index contributed by atoms with van der Waals surface area (Å²) < 4.78 is 11.9. The predicted molar refractivity (Wildman–Crippen MR) is 102 cm³/mol. The number of ether oxygens (including phenoxy) is 2. The molecule has 0 unspecified atom stereocenters. The summed E-state index contributed by atoms with van der Waals surface area (Å²) in [5, 5.41) is 3.96. The summed E-state index contributed by atoms with van der Waals surface area (Å²) in [6.45, 7) is 6.39. The number of aryl methyl sites for hydroxylation is 2. The largest absolute Gasteiger partial charge is 0.493 e. The average Bonchev–Trinajstić information content (AvgIpc) is 2.58. The number of hydrogen-bond acceptors (Lipinski definition) is 4. The van der Waals surface area contributed by atoms with Crippen LogP contribution in [-0.4, -0.2) is 25.3 Å². The highest BCUT2D eigenvalue weighted by Gasteiger charge is 2.04. The molecule has 0 aliphatic heterocycles. The molecule has 132 valence electrons. The Hall–Kier alpha value is -2.34. The molecule has 6 heteroatoms. The molecule has 0 aliphatic carbocycles. The van der Waals surface area contributed by atoms with E-state index in [1.54, 1.807) is 6.21 Å². The van der Waals surface area contributed by atoms with E-state index in [0.717, 1.165) is 15.6 Å². The van der Waals surface area contributed by atoms with Crippen molar-refractivity contribution >= 4 is 28.1 Å². The van der Waals surface area contributed by atoms with Crippen LogP contribution in [0, 0.1) is 13.8 Å². The van der Waals surface area contributed by atoms with Gasteiger partial charge in [-0.3, -0.25) is 4.79 Å². The van der Waals surface area contributed by atoms with E-state index >= 15 is 0 Å². The average molecular weight is 405 g/mol. The van der Waals surface area contributed by atoms with E-state index in [4.69, 9.17) is 9.47 Å². The summed E-state index contributed by atoms with van der Waals surface area (Å²) in [6.07, 6.45) is 1.55. The Morgan fingerprint density at radius 2 is 1.96 bits per heavy atom. The fraction of sp³-hybridized carbons (Fsp3) is 0.263. The molecule has 25 heavy (non-hydrogen) atoms.